The van der Waals surface area contributed by atoms with Gasteiger partial charge in [0.1, 0.15) is 6.10 Å². The van der Waals surface area contributed by atoms with E-state index in [9.17, 15) is 18.5 Å². The van der Waals surface area contributed by atoms with Crippen molar-refractivity contribution in [2.24, 2.45) is 0 Å². The molecule has 0 spiro atoms. The average Bonchev–Trinajstić information content (AvgIpc) is 2.48. The topological polar surface area (TPSA) is 111 Å². The van der Waals surface area contributed by atoms with Gasteiger partial charge in [0.2, 0.25) is 10.0 Å². The van der Waals surface area contributed by atoms with Crippen LogP contribution in [0, 0.1) is 10.1 Å². The molecular formula is C12H17N3O5S. The van der Waals surface area contributed by atoms with E-state index in [-0.39, 0.29) is 22.4 Å². The molecule has 1 heterocycles. The van der Waals surface area contributed by atoms with Crippen LogP contribution in [0.15, 0.2) is 23.1 Å². The Labute approximate surface area is 122 Å². The third kappa shape index (κ3) is 3.69. The molecule has 0 bridgehead atoms. The minimum Gasteiger partial charge on any atom is -0.482 e. The first-order chi connectivity index (χ1) is 9.94. The van der Waals surface area contributed by atoms with E-state index in [0.29, 0.717) is 6.54 Å². The predicted octanol–water partition coefficient (Wildman–Crippen LogP) is 0.634. The quantitative estimate of drug-likeness (QED) is 0.609. The number of ether oxygens (including phenoxy) is 1. The summed E-state index contributed by atoms with van der Waals surface area (Å²) in [5.74, 6) is 0.0868. The fraction of sp³-hybridized carbons (Fsp3) is 0.500. The zero-order valence-corrected chi connectivity index (χ0v) is 12.4. The molecule has 1 aliphatic heterocycles. The van der Waals surface area contributed by atoms with Crippen molar-refractivity contribution < 1.29 is 18.1 Å². The predicted molar refractivity (Wildman–Crippen MR) is 75.9 cm³/mol. The first-order valence-electron chi connectivity index (χ1n) is 6.53. The standard InChI is InChI=1S/C12H17N3O5S/c1-13-21(18,19)10-4-5-12(11(7-10)15(16)17)20-9-3-2-6-14-8-9/h4-5,7,9,13-14H,2-3,6,8H2,1H3/t9-/m0/s1. The fourth-order valence-electron chi connectivity index (χ4n) is 2.12. The van der Waals surface area contributed by atoms with Crippen molar-refractivity contribution in [3.05, 3.63) is 28.3 Å². The second-order valence-corrected chi connectivity index (χ2v) is 6.57. The first kappa shape index (κ1) is 15.7. The molecule has 0 saturated carbocycles. The van der Waals surface area contributed by atoms with Crippen molar-refractivity contribution in [2.45, 2.75) is 23.8 Å². The van der Waals surface area contributed by atoms with Crippen LogP contribution in [-0.2, 0) is 10.0 Å². The second-order valence-electron chi connectivity index (χ2n) is 4.68. The molecule has 1 fully saturated rings. The van der Waals surface area contributed by atoms with Crippen LogP contribution in [0.2, 0.25) is 0 Å². The summed E-state index contributed by atoms with van der Waals surface area (Å²) < 4.78 is 31.1. The highest BCUT2D eigenvalue weighted by Gasteiger charge is 2.24. The molecule has 2 N–H and O–H groups in total. The zero-order chi connectivity index (χ0) is 15.5. The third-order valence-electron chi connectivity index (χ3n) is 3.25. The van der Waals surface area contributed by atoms with Crippen molar-refractivity contribution in [3.63, 3.8) is 0 Å². The number of nitro benzene ring substituents is 1. The Hall–Kier alpha value is -1.71. The van der Waals surface area contributed by atoms with Crippen molar-refractivity contribution >= 4 is 15.7 Å². The Balaban J connectivity index is 2.31. The van der Waals surface area contributed by atoms with E-state index >= 15 is 0 Å². The summed E-state index contributed by atoms with van der Waals surface area (Å²) in [6.07, 6.45) is 1.59. The van der Waals surface area contributed by atoms with Crippen molar-refractivity contribution in [1.29, 1.82) is 0 Å². The normalized spacial score (nSPS) is 19.2. The summed E-state index contributed by atoms with van der Waals surface area (Å²) in [5.41, 5.74) is -0.350. The van der Waals surface area contributed by atoms with Gasteiger partial charge in [-0.1, -0.05) is 0 Å². The molecule has 2 rings (SSSR count). The largest absolute Gasteiger partial charge is 0.482 e. The van der Waals surface area contributed by atoms with Gasteiger partial charge in [0.15, 0.2) is 5.75 Å². The van der Waals surface area contributed by atoms with E-state index in [1.165, 1.54) is 19.2 Å². The van der Waals surface area contributed by atoms with E-state index in [1.807, 2.05) is 0 Å². The van der Waals surface area contributed by atoms with Crippen LogP contribution >= 0.6 is 0 Å². The van der Waals surface area contributed by atoms with Gasteiger partial charge < -0.3 is 10.1 Å². The molecule has 0 amide bonds. The number of benzene rings is 1. The van der Waals surface area contributed by atoms with E-state index < -0.39 is 14.9 Å². The lowest BCUT2D eigenvalue weighted by Gasteiger charge is -2.23. The molecule has 1 aromatic carbocycles. The Bertz CT molecular complexity index is 626. The molecule has 9 heteroatoms. The molecule has 0 radical (unpaired) electrons. The number of sulfonamides is 1. The van der Waals surface area contributed by atoms with Crippen LogP contribution in [-0.4, -0.2) is 39.6 Å². The lowest BCUT2D eigenvalue weighted by molar-refractivity contribution is -0.386. The van der Waals surface area contributed by atoms with Crippen LogP contribution in [0.5, 0.6) is 5.75 Å². The molecule has 1 atom stereocenters. The van der Waals surface area contributed by atoms with Gasteiger partial charge in [0.25, 0.3) is 0 Å². The highest BCUT2D eigenvalue weighted by atomic mass is 32.2. The van der Waals surface area contributed by atoms with Gasteiger partial charge in [0, 0.05) is 12.6 Å². The summed E-state index contributed by atoms with van der Waals surface area (Å²) in [7, 11) is -2.48. The van der Waals surface area contributed by atoms with Gasteiger partial charge in [0.05, 0.1) is 9.82 Å². The first-order valence-corrected chi connectivity index (χ1v) is 8.01. The minimum atomic E-state index is -3.73. The van der Waals surface area contributed by atoms with Crippen LogP contribution in [0.4, 0.5) is 5.69 Å². The van der Waals surface area contributed by atoms with Crippen molar-refractivity contribution in [3.8, 4) is 5.75 Å². The maximum atomic E-state index is 11.7. The van der Waals surface area contributed by atoms with Gasteiger partial charge in [-0.3, -0.25) is 10.1 Å². The summed E-state index contributed by atoms with van der Waals surface area (Å²) in [4.78, 5) is 10.3. The van der Waals surface area contributed by atoms with E-state index in [4.69, 9.17) is 4.74 Å². The van der Waals surface area contributed by atoms with Gasteiger partial charge in [-0.05, 0) is 38.6 Å². The fourth-order valence-corrected chi connectivity index (χ4v) is 2.87. The number of nitrogens with zero attached hydrogens (tertiary/aromatic N) is 1. The van der Waals surface area contributed by atoms with Crippen LogP contribution in [0.3, 0.4) is 0 Å². The smallest absolute Gasteiger partial charge is 0.312 e. The molecule has 0 unspecified atom stereocenters. The number of hydrogen-bond acceptors (Lipinski definition) is 6. The third-order valence-corrected chi connectivity index (χ3v) is 4.66. The minimum absolute atomic E-state index is 0.0868. The highest BCUT2D eigenvalue weighted by molar-refractivity contribution is 7.89. The Morgan fingerprint density at radius 2 is 2.24 bits per heavy atom. The maximum Gasteiger partial charge on any atom is 0.312 e. The Morgan fingerprint density at radius 3 is 2.81 bits per heavy atom. The molecule has 1 saturated heterocycles. The lowest BCUT2D eigenvalue weighted by atomic mass is 10.1. The van der Waals surface area contributed by atoms with Crippen LogP contribution in [0.25, 0.3) is 0 Å². The Kier molecular flexibility index (Phi) is 4.76. The lowest BCUT2D eigenvalue weighted by Crippen LogP contribution is -2.37. The maximum absolute atomic E-state index is 11.7. The summed E-state index contributed by atoms with van der Waals surface area (Å²) in [5, 5.41) is 14.3. The Morgan fingerprint density at radius 1 is 1.48 bits per heavy atom. The number of rotatable bonds is 5. The van der Waals surface area contributed by atoms with Crippen molar-refractivity contribution in [1.82, 2.24) is 10.0 Å². The molecule has 1 aromatic rings. The van der Waals surface area contributed by atoms with E-state index in [2.05, 4.69) is 10.0 Å². The molecule has 1 aliphatic rings. The number of nitrogens with one attached hydrogen (secondary N) is 2. The molecule has 8 nitrogen and oxygen atoms in total. The van der Waals surface area contributed by atoms with Gasteiger partial charge in [-0.15, -0.1) is 0 Å². The molecule has 21 heavy (non-hydrogen) atoms. The van der Waals surface area contributed by atoms with Crippen molar-refractivity contribution in [2.75, 3.05) is 20.1 Å². The van der Waals surface area contributed by atoms with Crippen LogP contribution < -0.4 is 14.8 Å². The summed E-state index contributed by atoms with van der Waals surface area (Å²) in [6, 6.07) is 3.64. The summed E-state index contributed by atoms with van der Waals surface area (Å²) in [6.45, 7) is 1.52. The SMILES string of the molecule is CNS(=O)(=O)c1ccc(O[C@H]2CCCNC2)c([N+](=O)[O-])c1. The second kappa shape index (κ2) is 6.37. The van der Waals surface area contributed by atoms with Gasteiger partial charge >= 0.3 is 5.69 Å². The van der Waals surface area contributed by atoms with E-state index in [0.717, 1.165) is 25.5 Å². The average molecular weight is 315 g/mol. The summed E-state index contributed by atoms with van der Waals surface area (Å²) >= 11 is 0. The highest BCUT2D eigenvalue weighted by Crippen LogP contribution is 2.31. The van der Waals surface area contributed by atoms with Crippen LogP contribution in [0.1, 0.15) is 12.8 Å². The number of nitro groups is 1. The molecule has 116 valence electrons. The monoisotopic (exact) mass is 315 g/mol. The van der Waals surface area contributed by atoms with Gasteiger partial charge in [-0.2, -0.15) is 0 Å². The molecule has 0 aliphatic carbocycles. The van der Waals surface area contributed by atoms with E-state index in [1.54, 1.807) is 0 Å². The molecule has 0 aromatic heterocycles. The zero-order valence-electron chi connectivity index (χ0n) is 11.5. The number of piperidine rings is 1. The molecular weight excluding hydrogens is 298 g/mol. The van der Waals surface area contributed by atoms with Gasteiger partial charge in [-0.25, -0.2) is 13.1 Å². The number of hydrogen-bond donors (Lipinski definition) is 2.